The number of carbonyl (C=O) groups excluding carboxylic acids is 3. The van der Waals surface area contributed by atoms with E-state index in [0.29, 0.717) is 56.9 Å². The zero-order valence-electron chi connectivity index (χ0n) is 22.3. The maximum absolute atomic E-state index is 13.2. The summed E-state index contributed by atoms with van der Waals surface area (Å²) in [6, 6.07) is 18.6. The van der Waals surface area contributed by atoms with Gasteiger partial charge in [-0.25, -0.2) is 4.79 Å². The van der Waals surface area contributed by atoms with Gasteiger partial charge in [0.15, 0.2) is 18.1 Å². The van der Waals surface area contributed by atoms with Crippen molar-refractivity contribution in [1.29, 1.82) is 0 Å². The Bertz CT molecular complexity index is 1480. The molecule has 206 valence electrons. The molecule has 3 aromatic carbocycles. The van der Waals surface area contributed by atoms with Gasteiger partial charge in [0, 0.05) is 0 Å². The number of carbonyl (C=O) groups is 3. The van der Waals surface area contributed by atoms with Gasteiger partial charge < -0.3 is 19.5 Å². The van der Waals surface area contributed by atoms with Crippen LogP contribution in [0.25, 0.3) is 6.08 Å². The molecule has 1 aliphatic heterocycles. The van der Waals surface area contributed by atoms with E-state index in [1.165, 1.54) is 5.01 Å². The molecule has 0 aliphatic carbocycles. The Morgan fingerprint density at radius 2 is 1.73 bits per heavy atom. The predicted octanol–water partition coefficient (Wildman–Crippen LogP) is 5.74. The third-order valence-electron chi connectivity index (χ3n) is 5.77. The Balaban J connectivity index is 1.47. The summed E-state index contributed by atoms with van der Waals surface area (Å²) < 4.78 is 16.5. The Kier molecular flexibility index (Phi) is 9.19. The second kappa shape index (κ2) is 12.9. The maximum Gasteiger partial charge on any atom is 0.338 e. The van der Waals surface area contributed by atoms with Gasteiger partial charge in [0.1, 0.15) is 0 Å². The highest BCUT2D eigenvalue weighted by Crippen LogP contribution is 2.31. The van der Waals surface area contributed by atoms with Gasteiger partial charge in [-0.15, -0.1) is 0 Å². The van der Waals surface area contributed by atoms with Crippen molar-refractivity contribution in [3.8, 4) is 11.5 Å². The molecule has 0 spiro atoms. The number of hydrogen-bond donors (Lipinski definition) is 1. The minimum atomic E-state index is -0.430. The largest absolute Gasteiger partial charge is 0.490 e. The van der Waals surface area contributed by atoms with Crippen molar-refractivity contribution in [3.63, 3.8) is 0 Å². The lowest BCUT2D eigenvalue weighted by atomic mass is 10.1. The quantitative estimate of drug-likeness (QED) is 0.250. The lowest BCUT2D eigenvalue weighted by Gasteiger charge is -2.14. The van der Waals surface area contributed by atoms with Gasteiger partial charge in [0.05, 0.1) is 46.5 Å². The lowest BCUT2D eigenvalue weighted by molar-refractivity contribution is -0.118. The van der Waals surface area contributed by atoms with Gasteiger partial charge in [-0.3, -0.25) is 9.59 Å². The molecule has 9 nitrogen and oxygen atoms in total. The molecule has 1 aliphatic rings. The fourth-order valence-electron chi connectivity index (χ4n) is 3.87. The number of para-hydroxylation sites is 1. The molecule has 0 aromatic heterocycles. The summed E-state index contributed by atoms with van der Waals surface area (Å²) in [5, 5.41) is 8.82. The summed E-state index contributed by atoms with van der Waals surface area (Å²) >= 11 is 6.10. The van der Waals surface area contributed by atoms with Crippen molar-refractivity contribution < 1.29 is 28.6 Å². The Morgan fingerprint density at radius 3 is 2.42 bits per heavy atom. The monoisotopic (exact) mass is 561 g/mol. The molecule has 0 saturated heterocycles. The SMILES string of the molecule is CCOC(=O)c1ccc(N2N=C(C)C(=Cc3ccc(OCC(=O)Nc4ccccc4Cl)c(OCC)c3)C2=O)cc1. The molecule has 40 heavy (non-hydrogen) atoms. The van der Waals surface area contributed by atoms with Crippen LogP contribution >= 0.6 is 11.6 Å². The van der Waals surface area contributed by atoms with Crippen molar-refractivity contribution in [2.24, 2.45) is 5.10 Å². The smallest absolute Gasteiger partial charge is 0.338 e. The first-order valence-electron chi connectivity index (χ1n) is 12.6. The van der Waals surface area contributed by atoms with Gasteiger partial charge in [-0.2, -0.15) is 10.1 Å². The molecular formula is C30H28ClN3O6. The molecule has 0 unspecified atom stereocenters. The van der Waals surface area contributed by atoms with E-state index in [9.17, 15) is 14.4 Å². The second-order valence-electron chi connectivity index (χ2n) is 8.58. The Labute approximate surface area is 237 Å². The van der Waals surface area contributed by atoms with Gasteiger partial charge in [-0.05, 0) is 80.9 Å². The number of nitrogens with one attached hydrogen (secondary N) is 1. The van der Waals surface area contributed by atoms with Crippen molar-refractivity contribution in [2.75, 3.05) is 30.1 Å². The summed E-state index contributed by atoms with van der Waals surface area (Å²) in [6.07, 6.45) is 1.71. The van der Waals surface area contributed by atoms with Crippen LogP contribution in [0.5, 0.6) is 11.5 Å². The van der Waals surface area contributed by atoms with Crippen molar-refractivity contribution in [2.45, 2.75) is 20.8 Å². The van der Waals surface area contributed by atoms with E-state index in [4.69, 9.17) is 25.8 Å². The van der Waals surface area contributed by atoms with Crippen LogP contribution in [-0.2, 0) is 14.3 Å². The standard InChI is InChI=1S/C30H28ClN3O6/c1-4-38-27-17-20(10-15-26(27)40-18-28(35)32-25-9-7-6-8-24(25)31)16-23-19(3)33-34(29(23)36)22-13-11-21(12-14-22)30(37)39-5-2/h6-17H,4-5,18H2,1-3H3,(H,32,35). The van der Waals surface area contributed by atoms with E-state index >= 15 is 0 Å². The van der Waals surface area contributed by atoms with Crippen LogP contribution in [0.2, 0.25) is 5.02 Å². The number of anilines is 2. The summed E-state index contributed by atoms with van der Waals surface area (Å²) in [5.41, 5.74) is 3.04. The third kappa shape index (κ3) is 6.68. The zero-order chi connectivity index (χ0) is 28.6. The lowest BCUT2D eigenvalue weighted by Crippen LogP contribution is -2.21. The molecular weight excluding hydrogens is 534 g/mol. The number of hydrazone groups is 1. The fraction of sp³-hybridized carbons (Fsp3) is 0.200. The van der Waals surface area contributed by atoms with Gasteiger partial charge in [0.2, 0.25) is 0 Å². The predicted molar refractivity (Wildman–Crippen MR) is 154 cm³/mol. The first kappa shape index (κ1) is 28.4. The highest BCUT2D eigenvalue weighted by atomic mass is 35.5. The number of hydrogen-bond acceptors (Lipinski definition) is 7. The number of esters is 1. The van der Waals surface area contributed by atoms with Gasteiger partial charge >= 0.3 is 5.97 Å². The van der Waals surface area contributed by atoms with E-state index in [0.717, 1.165) is 0 Å². The van der Waals surface area contributed by atoms with E-state index in [-0.39, 0.29) is 25.0 Å². The molecule has 1 heterocycles. The van der Waals surface area contributed by atoms with Crippen molar-refractivity contribution in [3.05, 3.63) is 88.5 Å². The van der Waals surface area contributed by atoms with Gasteiger partial charge in [-0.1, -0.05) is 29.8 Å². The van der Waals surface area contributed by atoms with Crippen molar-refractivity contribution in [1.82, 2.24) is 0 Å². The number of halogens is 1. The van der Waals surface area contributed by atoms with Gasteiger partial charge in [0.25, 0.3) is 11.8 Å². The third-order valence-corrected chi connectivity index (χ3v) is 6.10. The minimum absolute atomic E-state index is 0.250. The summed E-state index contributed by atoms with van der Waals surface area (Å²) in [7, 11) is 0. The minimum Gasteiger partial charge on any atom is -0.490 e. The molecule has 0 radical (unpaired) electrons. The molecule has 0 fully saturated rings. The fourth-order valence-corrected chi connectivity index (χ4v) is 4.06. The second-order valence-corrected chi connectivity index (χ2v) is 8.99. The van der Waals surface area contributed by atoms with Crippen LogP contribution < -0.4 is 19.8 Å². The van der Waals surface area contributed by atoms with Crippen LogP contribution in [-0.4, -0.2) is 43.3 Å². The normalized spacial score (nSPS) is 13.7. The van der Waals surface area contributed by atoms with Crippen LogP contribution in [0.3, 0.4) is 0 Å². The summed E-state index contributed by atoms with van der Waals surface area (Å²) in [5.74, 6) is -0.309. The number of ether oxygens (including phenoxy) is 3. The topological polar surface area (TPSA) is 107 Å². The Hall–Kier alpha value is -4.63. The zero-order valence-corrected chi connectivity index (χ0v) is 23.0. The van der Waals surface area contributed by atoms with Crippen molar-refractivity contribution >= 4 is 52.5 Å². The molecule has 4 rings (SSSR count). The molecule has 3 aromatic rings. The number of nitrogens with zero attached hydrogens (tertiary/aromatic N) is 2. The van der Waals surface area contributed by atoms with E-state index < -0.39 is 5.97 Å². The number of amides is 2. The Morgan fingerprint density at radius 1 is 0.975 bits per heavy atom. The molecule has 1 N–H and O–H groups in total. The average Bonchev–Trinajstić information content (AvgIpc) is 3.22. The first-order chi connectivity index (χ1) is 19.3. The van der Waals surface area contributed by atoms with Crippen LogP contribution in [0.1, 0.15) is 36.7 Å². The molecule has 0 atom stereocenters. The van der Waals surface area contributed by atoms with E-state index in [1.807, 2.05) is 6.92 Å². The molecule has 0 saturated carbocycles. The van der Waals surface area contributed by atoms with E-state index in [1.54, 1.807) is 86.7 Å². The van der Waals surface area contributed by atoms with E-state index in [2.05, 4.69) is 10.4 Å². The number of rotatable bonds is 10. The molecule has 0 bridgehead atoms. The maximum atomic E-state index is 13.2. The first-order valence-corrected chi connectivity index (χ1v) is 13.0. The summed E-state index contributed by atoms with van der Waals surface area (Å²) in [4.78, 5) is 37.5. The highest BCUT2D eigenvalue weighted by Gasteiger charge is 2.29. The van der Waals surface area contributed by atoms with Crippen LogP contribution in [0.15, 0.2) is 77.4 Å². The number of benzene rings is 3. The highest BCUT2D eigenvalue weighted by molar-refractivity contribution is 6.33. The van der Waals surface area contributed by atoms with Crippen LogP contribution in [0.4, 0.5) is 11.4 Å². The molecule has 10 heteroatoms. The average molecular weight is 562 g/mol. The van der Waals surface area contributed by atoms with Crippen LogP contribution in [0, 0.1) is 0 Å². The summed E-state index contributed by atoms with van der Waals surface area (Å²) in [6.45, 7) is 5.72. The molecule has 2 amide bonds.